The zero-order chi connectivity index (χ0) is 13.1. The van der Waals surface area contributed by atoms with Gasteiger partial charge in [-0.3, -0.25) is 10.2 Å². The number of benzene rings is 1. The van der Waals surface area contributed by atoms with Crippen LogP contribution in [0.4, 0.5) is 5.82 Å². The van der Waals surface area contributed by atoms with E-state index in [1.54, 1.807) is 17.6 Å². The number of para-hydroxylation sites is 2. The maximum Gasteiger partial charge on any atom is 0.293 e. The first-order valence-electron chi connectivity index (χ1n) is 5.64. The molecule has 0 fully saturated rings. The molecule has 0 bridgehead atoms. The molecule has 0 aliphatic carbocycles. The van der Waals surface area contributed by atoms with Gasteiger partial charge in [0.2, 0.25) is 5.82 Å². The summed E-state index contributed by atoms with van der Waals surface area (Å²) < 4.78 is 0. The number of hydrazone groups is 1. The van der Waals surface area contributed by atoms with E-state index >= 15 is 0 Å². The molecule has 5 nitrogen and oxygen atoms in total. The summed E-state index contributed by atoms with van der Waals surface area (Å²) in [7, 11) is 0. The second kappa shape index (κ2) is 5.03. The summed E-state index contributed by atoms with van der Waals surface area (Å²) >= 11 is 1.57. The molecule has 0 spiro atoms. The molecule has 0 saturated carbocycles. The van der Waals surface area contributed by atoms with Gasteiger partial charge in [0, 0.05) is 4.88 Å². The first-order valence-corrected chi connectivity index (χ1v) is 6.52. The normalized spacial score (nSPS) is 11.2. The van der Waals surface area contributed by atoms with E-state index in [2.05, 4.69) is 20.5 Å². The zero-order valence-corrected chi connectivity index (χ0v) is 10.6. The highest BCUT2D eigenvalue weighted by molar-refractivity contribution is 7.11. The Kier molecular flexibility index (Phi) is 3.07. The van der Waals surface area contributed by atoms with Crippen molar-refractivity contribution in [3.8, 4) is 0 Å². The van der Waals surface area contributed by atoms with Crippen molar-refractivity contribution in [1.82, 2.24) is 9.97 Å². The van der Waals surface area contributed by atoms with Crippen LogP contribution in [0.3, 0.4) is 0 Å². The minimum atomic E-state index is -0.290. The van der Waals surface area contributed by atoms with E-state index in [0.717, 1.165) is 10.4 Å². The van der Waals surface area contributed by atoms with E-state index in [9.17, 15) is 4.79 Å². The van der Waals surface area contributed by atoms with E-state index in [4.69, 9.17) is 0 Å². The molecular formula is C13H10N4OS. The Bertz CT molecular complexity index is 777. The van der Waals surface area contributed by atoms with Crippen molar-refractivity contribution in [2.45, 2.75) is 0 Å². The quantitative estimate of drug-likeness (QED) is 0.567. The number of hydrogen-bond acceptors (Lipinski definition) is 5. The van der Waals surface area contributed by atoms with Crippen molar-refractivity contribution < 1.29 is 0 Å². The van der Waals surface area contributed by atoms with Gasteiger partial charge in [-0.25, -0.2) is 4.98 Å². The minimum absolute atomic E-state index is 0.187. The van der Waals surface area contributed by atoms with Gasteiger partial charge in [-0.05, 0) is 23.6 Å². The molecule has 94 valence electrons. The van der Waals surface area contributed by atoms with Gasteiger partial charge in [-0.2, -0.15) is 5.10 Å². The monoisotopic (exact) mass is 270 g/mol. The second-order valence-electron chi connectivity index (χ2n) is 3.82. The summed E-state index contributed by atoms with van der Waals surface area (Å²) in [5.41, 5.74) is 3.80. The van der Waals surface area contributed by atoms with Gasteiger partial charge in [0.25, 0.3) is 5.56 Å². The number of fused-ring (bicyclic) bond motifs is 1. The average Bonchev–Trinajstić information content (AvgIpc) is 2.92. The maximum atomic E-state index is 11.8. The number of anilines is 1. The van der Waals surface area contributed by atoms with Gasteiger partial charge < -0.3 is 4.98 Å². The van der Waals surface area contributed by atoms with Gasteiger partial charge in [0.1, 0.15) is 0 Å². The van der Waals surface area contributed by atoms with Crippen molar-refractivity contribution in [2.24, 2.45) is 5.10 Å². The summed E-state index contributed by atoms with van der Waals surface area (Å²) in [6, 6.07) is 11.2. The highest BCUT2D eigenvalue weighted by Gasteiger charge is 2.02. The topological polar surface area (TPSA) is 70.1 Å². The Balaban J connectivity index is 1.88. The molecule has 0 radical (unpaired) electrons. The van der Waals surface area contributed by atoms with Crippen molar-refractivity contribution in [1.29, 1.82) is 0 Å². The molecule has 0 aliphatic rings. The van der Waals surface area contributed by atoms with Crippen LogP contribution in [0.25, 0.3) is 11.0 Å². The first kappa shape index (κ1) is 11.6. The Morgan fingerprint density at radius 3 is 3.00 bits per heavy atom. The highest BCUT2D eigenvalue weighted by Crippen LogP contribution is 2.08. The third-order valence-corrected chi connectivity index (χ3v) is 3.31. The van der Waals surface area contributed by atoms with E-state index in [1.165, 1.54) is 0 Å². The number of aromatic amines is 1. The minimum Gasteiger partial charge on any atom is -0.317 e. The lowest BCUT2D eigenvalue weighted by Crippen LogP contribution is -2.13. The number of H-pyrrole nitrogens is 1. The Morgan fingerprint density at radius 2 is 2.16 bits per heavy atom. The Hall–Kier alpha value is -2.47. The first-order chi connectivity index (χ1) is 9.33. The Labute approximate surface area is 112 Å². The van der Waals surface area contributed by atoms with Crippen LogP contribution < -0.4 is 11.0 Å². The number of hydrogen-bond donors (Lipinski definition) is 2. The van der Waals surface area contributed by atoms with Crippen LogP contribution in [-0.2, 0) is 0 Å². The molecule has 3 aromatic rings. The maximum absolute atomic E-state index is 11.8. The van der Waals surface area contributed by atoms with E-state index in [0.29, 0.717) is 5.52 Å². The largest absolute Gasteiger partial charge is 0.317 e. The molecular weight excluding hydrogens is 260 g/mol. The van der Waals surface area contributed by atoms with Crippen molar-refractivity contribution in [3.63, 3.8) is 0 Å². The Morgan fingerprint density at radius 1 is 1.26 bits per heavy atom. The smallest absolute Gasteiger partial charge is 0.293 e. The van der Waals surface area contributed by atoms with Crippen LogP contribution in [-0.4, -0.2) is 16.2 Å². The number of thiophene rings is 1. The third-order valence-electron chi connectivity index (χ3n) is 2.51. The molecule has 0 amide bonds. The fourth-order valence-electron chi connectivity index (χ4n) is 1.63. The summed E-state index contributed by atoms with van der Waals surface area (Å²) in [5.74, 6) is 0.187. The highest BCUT2D eigenvalue weighted by atomic mass is 32.1. The van der Waals surface area contributed by atoms with Crippen molar-refractivity contribution in [3.05, 3.63) is 57.0 Å². The fraction of sp³-hybridized carbons (Fsp3) is 0. The van der Waals surface area contributed by atoms with E-state index < -0.39 is 0 Å². The molecule has 3 rings (SSSR count). The molecule has 2 heterocycles. The number of aromatic nitrogens is 2. The standard InChI is InChI=1S/C13H10N4OS/c18-13-12(17-14-8-9-4-3-7-19-9)15-10-5-1-2-6-11(10)16-13/h1-8H,(H,15,17)(H,16,18)/b14-8+. The zero-order valence-electron chi connectivity index (χ0n) is 9.83. The van der Waals surface area contributed by atoms with Crippen LogP contribution in [0.15, 0.2) is 51.7 Å². The van der Waals surface area contributed by atoms with Crippen LogP contribution >= 0.6 is 11.3 Å². The fourth-order valence-corrected chi connectivity index (χ4v) is 2.21. The van der Waals surface area contributed by atoms with Gasteiger partial charge in [0.15, 0.2) is 0 Å². The molecule has 0 aliphatic heterocycles. The summed E-state index contributed by atoms with van der Waals surface area (Å²) in [4.78, 5) is 19.8. The molecule has 0 unspecified atom stereocenters. The van der Waals surface area contributed by atoms with Crippen molar-refractivity contribution >= 4 is 34.4 Å². The molecule has 2 aromatic heterocycles. The lowest BCUT2D eigenvalue weighted by atomic mass is 10.3. The lowest BCUT2D eigenvalue weighted by molar-refractivity contribution is 1.17. The van der Waals surface area contributed by atoms with Gasteiger partial charge in [-0.15, -0.1) is 11.3 Å². The molecule has 19 heavy (non-hydrogen) atoms. The SMILES string of the molecule is O=c1[nH]c2ccccc2nc1N/N=C/c1cccs1. The number of nitrogens with one attached hydrogen (secondary N) is 2. The third kappa shape index (κ3) is 2.53. The lowest BCUT2D eigenvalue weighted by Gasteiger charge is -2.00. The summed E-state index contributed by atoms with van der Waals surface area (Å²) in [6.07, 6.45) is 1.65. The van der Waals surface area contributed by atoms with E-state index in [-0.39, 0.29) is 11.4 Å². The predicted octanol–water partition coefficient (Wildman–Crippen LogP) is 2.43. The molecule has 0 atom stereocenters. The van der Waals surface area contributed by atoms with Crippen LogP contribution in [0, 0.1) is 0 Å². The van der Waals surface area contributed by atoms with Gasteiger partial charge in [-0.1, -0.05) is 18.2 Å². The van der Waals surface area contributed by atoms with Gasteiger partial charge in [0.05, 0.1) is 17.2 Å². The van der Waals surface area contributed by atoms with E-state index in [1.807, 2.05) is 41.8 Å². The molecule has 1 aromatic carbocycles. The second-order valence-corrected chi connectivity index (χ2v) is 4.80. The number of rotatable bonds is 3. The summed E-state index contributed by atoms with van der Waals surface area (Å²) in [5, 5.41) is 5.97. The molecule has 6 heteroatoms. The van der Waals surface area contributed by atoms with Crippen LogP contribution in [0.2, 0.25) is 0 Å². The molecule has 2 N–H and O–H groups in total. The average molecular weight is 270 g/mol. The van der Waals surface area contributed by atoms with Crippen LogP contribution in [0.1, 0.15) is 4.88 Å². The van der Waals surface area contributed by atoms with Crippen LogP contribution in [0.5, 0.6) is 0 Å². The van der Waals surface area contributed by atoms with Crippen molar-refractivity contribution in [2.75, 3.05) is 5.43 Å². The molecule has 0 saturated heterocycles. The number of nitrogens with zero attached hydrogens (tertiary/aromatic N) is 2. The predicted molar refractivity (Wildman–Crippen MR) is 77.9 cm³/mol. The summed E-state index contributed by atoms with van der Waals surface area (Å²) in [6.45, 7) is 0. The van der Waals surface area contributed by atoms with Gasteiger partial charge >= 0.3 is 0 Å².